The number of hydrogen-bond donors (Lipinski definition) is 0. The quantitative estimate of drug-likeness (QED) is 0.297. The van der Waals surface area contributed by atoms with Crippen LogP contribution in [0.3, 0.4) is 0 Å². The van der Waals surface area contributed by atoms with Crippen LogP contribution < -0.4 is 4.74 Å². The lowest BCUT2D eigenvalue weighted by Gasteiger charge is -2.47. The summed E-state index contributed by atoms with van der Waals surface area (Å²) >= 11 is 0. The molecule has 0 aliphatic carbocycles. The van der Waals surface area contributed by atoms with Gasteiger partial charge < -0.3 is 14.4 Å². The van der Waals surface area contributed by atoms with Crippen LogP contribution in [0.2, 0.25) is 0 Å². The van der Waals surface area contributed by atoms with Crippen LogP contribution in [-0.2, 0) is 21.9 Å². The molecule has 0 saturated carbocycles. The maximum atomic E-state index is 13.6. The van der Waals surface area contributed by atoms with Gasteiger partial charge in [0.2, 0.25) is 5.60 Å². The second-order valence-electron chi connectivity index (χ2n) is 8.07. The number of likely N-dealkylation sites (tertiary alicyclic amines) is 1. The van der Waals surface area contributed by atoms with E-state index in [0.717, 1.165) is 48.7 Å². The fraction of sp³-hybridized carbons (Fsp3) is 0.375. The van der Waals surface area contributed by atoms with E-state index in [4.69, 9.17) is 9.47 Å². The van der Waals surface area contributed by atoms with Gasteiger partial charge in [0.05, 0.1) is 29.8 Å². The van der Waals surface area contributed by atoms with Gasteiger partial charge in [0.25, 0.3) is 5.91 Å². The van der Waals surface area contributed by atoms with Crippen molar-refractivity contribution in [3.8, 4) is 5.75 Å². The highest BCUT2D eigenvalue weighted by molar-refractivity contribution is 5.96. The van der Waals surface area contributed by atoms with Crippen LogP contribution in [-0.4, -0.2) is 47.1 Å². The molecule has 3 rings (SSSR count). The molecule has 2 aromatic rings. The first-order valence-corrected chi connectivity index (χ1v) is 10.7. The summed E-state index contributed by atoms with van der Waals surface area (Å²) in [5, 5.41) is 0. The molecule has 12 heteroatoms. The topological polar surface area (TPSA) is 68.7 Å². The molecule has 1 fully saturated rings. The Bertz CT molecular complexity index is 1120. The van der Waals surface area contributed by atoms with Gasteiger partial charge in [0, 0.05) is 25.4 Å². The van der Waals surface area contributed by atoms with E-state index < -0.39 is 52.6 Å². The van der Waals surface area contributed by atoms with Crippen molar-refractivity contribution in [1.29, 1.82) is 0 Å². The first-order chi connectivity index (χ1) is 16.8. The summed E-state index contributed by atoms with van der Waals surface area (Å²) in [5.74, 6) is -2.09. The van der Waals surface area contributed by atoms with Crippen LogP contribution in [0.1, 0.15) is 40.7 Å². The maximum Gasteiger partial charge on any atom is 0.417 e. The molecule has 1 aliphatic rings. The number of aromatic nitrogens is 1. The Morgan fingerprint density at radius 2 is 1.81 bits per heavy atom. The predicted octanol–water partition coefficient (Wildman–Crippen LogP) is 5.29. The van der Waals surface area contributed by atoms with E-state index in [0.29, 0.717) is 6.07 Å². The van der Waals surface area contributed by atoms with E-state index in [9.17, 15) is 35.9 Å². The number of esters is 1. The second-order valence-corrected chi connectivity index (χ2v) is 8.07. The molecule has 1 aromatic carbocycles. The molecule has 1 aliphatic heterocycles. The lowest BCUT2D eigenvalue weighted by molar-refractivity contribution is -0.169. The molecule has 0 bridgehead atoms. The third kappa shape index (κ3) is 5.31. The van der Waals surface area contributed by atoms with Crippen LogP contribution in [0, 0.1) is 0 Å². The van der Waals surface area contributed by atoms with Gasteiger partial charge >= 0.3 is 18.3 Å². The van der Waals surface area contributed by atoms with Gasteiger partial charge in [-0.25, -0.2) is 4.79 Å². The van der Waals surface area contributed by atoms with E-state index in [1.54, 1.807) is 0 Å². The number of amides is 1. The number of carbonyl (C=O) groups excluding carboxylic acids is 2. The van der Waals surface area contributed by atoms with E-state index >= 15 is 0 Å². The van der Waals surface area contributed by atoms with Crippen molar-refractivity contribution in [1.82, 2.24) is 9.88 Å². The molecule has 6 nitrogen and oxygen atoms in total. The monoisotopic (exact) mass is 516 g/mol. The summed E-state index contributed by atoms with van der Waals surface area (Å²) in [6.45, 7) is 3.60. The number of benzene rings is 1. The molecule has 1 aromatic heterocycles. The van der Waals surface area contributed by atoms with Gasteiger partial charge in [0.15, 0.2) is 0 Å². The second kappa shape index (κ2) is 10.2. The number of alkyl halides is 6. The highest BCUT2D eigenvalue weighted by Crippen LogP contribution is 2.39. The molecule has 0 spiro atoms. The van der Waals surface area contributed by atoms with E-state index in [1.807, 2.05) is 0 Å². The number of piperidine rings is 1. The van der Waals surface area contributed by atoms with Crippen molar-refractivity contribution in [2.24, 2.45) is 0 Å². The first-order valence-electron chi connectivity index (χ1n) is 10.7. The molecule has 2 atom stereocenters. The number of hydrogen-bond acceptors (Lipinski definition) is 5. The van der Waals surface area contributed by atoms with Crippen LogP contribution in [0.25, 0.3) is 0 Å². The van der Waals surface area contributed by atoms with E-state index in [-0.39, 0.29) is 31.6 Å². The van der Waals surface area contributed by atoms with Crippen LogP contribution in [0.15, 0.2) is 55.4 Å². The van der Waals surface area contributed by atoms with Crippen molar-refractivity contribution in [2.45, 2.75) is 43.3 Å². The SMILES string of the molecule is C=CC[C@H]1N(C(=O)c2cnccc2C(F)(F)F)CCC[C@@]1(Oc1ccc(C(F)(F)F)cc1)C(=O)OC. The minimum absolute atomic E-state index is 0.0118. The zero-order chi connectivity index (χ0) is 26.7. The number of ether oxygens (including phenoxy) is 2. The van der Waals surface area contributed by atoms with Gasteiger partial charge in [-0.15, -0.1) is 6.58 Å². The van der Waals surface area contributed by atoms with Gasteiger partial charge in [-0.05, 0) is 43.2 Å². The predicted molar refractivity (Wildman–Crippen MR) is 115 cm³/mol. The molecule has 1 saturated heterocycles. The Morgan fingerprint density at radius 3 is 2.36 bits per heavy atom. The van der Waals surface area contributed by atoms with Crippen molar-refractivity contribution >= 4 is 11.9 Å². The molecule has 194 valence electrons. The Labute approximate surface area is 202 Å². The number of halogens is 6. The van der Waals surface area contributed by atoms with E-state index in [2.05, 4.69) is 11.6 Å². The van der Waals surface area contributed by atoms with Crippen LogP contribution >= 0.6 is 0 Å². The van der Waals surface area contributed by atoms with Gasteiger partial charge in [-0.3, -0.25) is 9.78 Å². The van der Waals surface area contributed by atoms with Crippen molar-refractivity contribution < 1.29 is 45.4 Å². The standard InChI is InChI=1S/C24H22F6N2O4/c1-3-5-19-22(21(34)35-2,36-16-8-6-15(7-9-16)23(25,26)27)11-4-13-32(19)20(33)17-14-31-12-10-18(17)24(28,29)30/h3,6-10,12,14,19H,1,4-5,11,13H2,2H3/t19-,22+/m1/s1. The molecular weight excluding hydrogens is 494 g/mol. The van der Waals surface area contributed by atoms with Crippen LogP contribution in [0.4, 0.5) is 26.3 Å². The lowest BCUT2D eigenvalue weighted by atomic mass is 9.81. The molecule has 1 amide bonds. The van der Waals surface area contributed by atoms with Crippen LogP contribution in [0.5, 0.6) is 5.75 Å². The number of rotatable bonds is 6. The van der Waals surface area contributed by atoms with Gasteiger partial charge in [-0.2, -0.15) is 26.3 Å². The highest BCUT2D eigenvalue weighted by atomic mass is 19.4. The lowest BCUT2D eigenvalue weighted by Crippen LogP contribution is -2.65. The molecular formula is C24H22F6N2O4. The first kappa shape index (κ1) is 27.0. The summed E-state index contributed by atoms with van der Waals surface area (Å²) in [7, 11) is 1.06. The summed E-state index contributed by atoms with van der Waals surface area (Å²) in [5.41, 5.74) is -4.77. The average molecular weight is 516 g/mol. The summed E-state index contributed by atoms with van der Waals surface area (Å²) in [4.78, 5) is 31.1. The molecule has 36 heavy (non-hydrogen) atoms. The third-order valence-corrected chi connectivity index (χ3v) is 5.88. The Hall–Kier alpha value is -3.57. The Morgan fingerprint density at radius 1 is 1.14 bits per heavy atom. The van der Waals surface area contributed by atoms with Gasteiger partial charge in [0.1, 0.15) is 5.75 Å². The number of pyridine rings is 1. The maximum absolute atomic E-state index is 13.6. The summed E-state index contributed by atoms with van der Waals surface area (Å²) < 4.78 is 90.4. The summed E-state index contributed by atoms with van der Waals surface area (Å²) in [6, 6.07) is 3.06. The van der Waals surface area contributed by atoms with Crippen molar-refractivity contribution in [3.05, 3.63) is 72.1 Å². The Balaban J connectivity index is 2.06. The average Bonchev–Trinajstić information content (AvgIpc) is 2.83. The molecule has 0 unspecified atom stereocenters. The minimum Gasteiger partial charge on any atom is -0.473 e. The van der Waals surface area contributed by atoms with E-state index in [1.165, 1.54) is 6.08 Å². The zero-order valence-corrected chi connectivity index (χ0v) is 19.0. The summed E-state index contributed by atoms with van der Waals surface area (Å²) in [6.07, 6.45) is -6.34. The molecule has 0 radical (unpaired) electrons. The zero-order valence-electron chi connectivity index (χ0n) is 19.0. The fourth-order valence-corrected chi connectivity index (χ4v) is 4.27. The smallest absolute Gasteiger partial charge is 0.417 e. The largest absolute Gasteiger partial charge is 0.473 e. The fourth-order valence-electron chi connectivity index (χ4n) is 4.27. The highest BCUT2D eigenvalue weighted by Gasteiger charge is 2.55. The normalized spacial score (nSPS) is 20.5. The van der Waals surface area contributed by atoms with Gasteiger partial charge in [-0.1, -0.05) is 6.08 Å². The van der Waals surface area contributed by atoms with Crippen molar-refractivity contribution in [3.63, 3.8) is 0 Å². The van der Waals surface area contributed by atoms with Crippen molar-refractivity contribution in [2.75, 3.05) is 13.7 Å². The number of carbonyl (C=O) groups is 2. The third-order valence-electron chi connectivity index (χ3n) is 5.88. The number of nitrogens with zero attached hydrogens (tertiary/aromatic N) is 2. The number of methoxy groups -OCH3 is 1. The minimum atomic E-state index is -4.84. The Kier molecular flexibility index (Phi) is 7.65. The molecule has 2 heterocycles. The molecule has 0 N–H and O–H groups in total.